The third-order valence-electron chi connectivity index (χ3n) is 7.68. The van der Waals surface area contributed by atoms with Gasteiger partial charge in [0.15, 0.2) is 5.75 Å². The highest BCUT2D eigenvalue weighted by molar-refractivity contribution is 7.87. The van der Waals surface area contributed by atoms with Crippen LogP contribution in [0.5, 0.6) is 5.75 Å². The predicted octanol–water partition coefficient (Wildman–Crippen LogP) is 5.53. The van der Waals surface area contributed by atoms with Crippen LogP contribution < -0.4 is 9.61 Å². The zero-order valence-corrected chi connectivity index (χ0v) is 20.3. The Bertz CT molecular complexity index is 1240. The van der Waals surface area contributed by atoms with Crippen LogP contribution in [0.2, 0.25) is 0 Å². The van der Waals surface area contributed by atoms with Crippen molar-refractivity contribution in [3.05, 3.63) is 59.7 Å². The first-order valence-corrected chi connectivity index (χ1v) is 13.4. The van der Waals surface area contributed by atoms with Gasteiger partial charge in [-0.15, -0.1) is 0 Å². The van der Waals surface area contributed by atoms with E-state index in [0.29, 0.717) is 24.1 Å². The summed E-state index contributed by atoms with van der Waals surface area (Å²) in [6.07, 6.45) is 4.37. The lowest BCUT2D eigenvalue weighted by Gasteiger charge is -2.56. The number of halogens is 3. The molecule has 0 spiro atoms. The van der Waals surface area contributed by atoms with Crippen molar-refractivity contribution in [2.75, 3.05) is 0 Å². The number of hydrazone groups is 1. The quantitative estimate of drug-likeness (QED) is 0.296. The number of para-hydroxylation sites is 1. The molecule has 2 aromatic rings. The molecule has 0 aromatic heterocycles. The van der Waals surface area contributed by atoms with Crippen LogP contribution in [0.4, 0.5) is 13.2 Å². The molecule has 10 heteroatoms. The fourth-order valence-corrected chi connectivity index (χ4v) is 7.65. The average Bonchev–Trinajstić information content (AvgIpc) is 2.78. The first-order chi connectivity index (χ1) is 17.0. The Morgan fingerprint density at radius 3 is 2.17 bits per heavy atom. The van der Waals surface area contributed by atoms with Crippen LogP contribution in [0, 0.1) is 23.2 Å². The third kappa shape index (κ3) is 5.28. The lowest BCUT2D eigenvalue weighted by atomic mass is 9.49. The molecular formula is C26H27F3N2O4S. The summed E-state index contributed by atoms with van der Waals surface area (Å²) in [6.45, 7) is 0. The summed E-state index contributed by atoms with van der Waals surface area (Å²) in [5.74, 6) is 2.00. The number of nitrogens with one attached hydrogen (secondary N) is 1. The topological polar surface area (TPSA) is 84.8 Å². The highest BCUT2D eigenvalue weighted by Gasteiger charge is 2.51. The van der Waals surface area contributed by atoms with Gasteiger partial charge in [0, 0.05) is 12.0 Å². The predicted molar refractivity (Wildman–Crippen MR) is 127 cm³/mol. The van der Waals surface area contributed by atoms with Gasteiger partial charge in [0.05, 0.1) is 11.8 Å². The van der Waals surface area contributed by atoms with Gasteiger partial charge in [0.1, 0.15) is 4.90 Å². The standard InChI is InChI=1S/C26H27F3N2O4S/c27-26(28,29)21-5-7-22(8-6-21)36(33,34)35-23-4-2-1-3-20(23)16-30-31-24(32)15-25-12-17-9-18(13-25)11-19(10-17)14-25/h1-8,16-19H,9-15H2,(H,31,32)/b30-16+. The van der Waals surface area contributed by atoms with E-state index in [9.17, 15) is 26.4 Å². The van der Waals surface area contributed by atoms with Crippen molar-refractivity contribution >= 4 is 22.2 Å². The lowest BCUT2D eigenvalue weighted by molar-refractivity contribution is -0.137. The molecule has 1 amide bonds. The molecule has 4 saturated carbocycles. The van der Waals surface area contributed by atoms with Crippen molar-refractivity contribution in [2.24, 2.45) is 28.3 Å². The summed E-state index contributed by atoms with van der Waals surface area (Å²) in [5, 5.41) is 4.02. The summed E-state index contributed by atoms with van der Waals surface area (Å²) >= 11 is 0. The molecule has 0 aliphatic heterocycles. The van der Waals surface area contributed by atoms with Crippen LogP contribution >= 0.6 is 0 Å². The molecule has 0 radical (unpaired) electrons. The molecule has 1 N–H and O–H groups in total. The van der Waals surface area contributed by atoms with Gasteiger partial charge in [-0.1, -0.05) is 12.1 Å². The van der Waals surface area contributed by atoms with Crippen LogP contribution in [-0.2, 0) is 21.1 Å². The third-order valence-corrected chi connectivity index (χ3v) is 8.93. The second kappa shape index (κ2) is 9.21. The maximum Gasteiger partial charge on any atom is 0.416 e. The Balaban J connectivity index is 1.23. The van der Waals surface area contributed by atoms with E-state index >= 15 is 0 Å². The van der Waals surface area contributed by atoms with E-state index in [1.165, 1.54) is 31.5 Å². The summed E-state index contributed by atoms with van der Waals surface area (Å²) in [6, 6.07) is 9.23. The van der Waals surface area contributed by atoms with E-state index in [1.807, 2.05) is 0 Å². The Hall–Kier alpha value is -2.88. The van der Waals surface area contributed by atoms with E-state index in [4.69, 9.17) is 4.18 Å². The maximum absolute atomic E-state index is 12.8. The minimum absolute atomic E-state index is 0.0588. The number of carbonyl (C=O) groups excluding carboxylic acids is 1. The van der Waals surface area contributed by atoms with Crippen molar-refractivity contribution < 1.29 is 30.6 Å². The first-order valence-electron chi connectivity index (χ1n) is 12.0. The zero-order chi connectivity index (χ0) is 25.6. The van der Waals surface area contributed by atoms with Crippen molar-refractivity contribution in [1.82, 2.24) is 5.43 Å². The van der Waals surface area contributed by atoms with Gasteiger partial charge < -0.3 is 4.18 Å². The van der Waals surface area contributed by atoms with Crippen LogP contribution in [0.1, 0.15) is 56.1 Å². The Morgan fingerprint density at radius 1 is 1.00 bits per heavy atom. The SMILES string of the molecule is O=C(CC12CC3CC(CC(C3)C1)C2)N/N=C/c1ccccc1OS(=O)(=O)c1ccc(C(F)(F)F)cc1. The number of alkyl halides is 3. The van der Waals surface area contributed by atoms with Gasteiger partial charge in [-0.2, -0.15) is 26.7 Å². The monoisotopic (exact) mass is 520 g/mol. The molecule has 0 saturated heterocycles. The largest absolute Gasteiger partial charge is 0.416 e. The second-order valence-electron chi connectivity index (χ2n) is 10.5. The van der Waals surface area contributed by atoms with Gasteiger partial charge in [0.25, 0.3) is 0 Å². The van der Waals surface area contributed by atoms with Crippen LogP contribution in [0.3, 0.4) is 0 Å². The highest BCUT2D eigenvalue weighted by atomic mass is 32.2. The molecule has 6 rings (SSSR count). The molecule has 0 heterocycles. The average molecular weight is 521 g/mol. The van der Waals surface area contributed by atoms with Crippen molar-refractivity contribution in [1.29, 1.82) is 0 Å². The van der Waals surface area contributed by atoms with Gasteiger partial charge >= 0.3 is 16.3 Å². The van der Waals surface area contributed by atoms with E-state index in [1.54, 1.807) is 18.2 Å². The van der Waals surface area contributed by atoms with Crippen molar-refractivity contribution in [2.45, 2.75) is 56.0 Å². The molecule has 192 valence electrons. The Kier molecular flexibility index (Phi) is 6.34. The van der Waals surface area contributed by atoms with E-state index < -0.39 is 26.8 Å². The van der Waals surface area contributed by atoms with Gasteiger partial charge in [-0.3, -0.25) is 4.79 Å². The summed E-state index contributed by atoms with van der Waals surface area (Å²) in [4.78, 5) is 12.3. The number of benzene rings is 2. The number of rotatable bonds is 7. The molecule has 6 nitrogen and oxygen atoms in total. The normalized spacial score (nSPS) is 27.4. The lowest BCUT2D eigenvalue weighted by Crippen LogP contribution is -2.47. The molecule has 0 atom stereocenters. The van der Waals surface area contributed by atoms with E-state index in [2.05, 4.69) is 10.5 Å². The maximum atomic E-state index is 12.8. The van der Waals surface area contributed by atoms with Gasteiger partial charge in [-0.05, 0) is 98.1 Å². The molecule has 4 bridgehead atoms. The smallest absolute Gasteiger partial charge is 0.378 e. The fourth-order valence-electron chi connectivity index (χ4n) is 6.70. The number of amides is 1. The fraction of sp³-hybridized carbons (Fsp3) is 0.462. The van der Waals surface area contributed by atoms with Crippen molar-refractivity contribution in [3.63, 3.8) is 0 Å². The van der Waals surface area contributed by atoms with Crippen LogP contribution in [-0.4, -0.2) is 20.5 Å². The van der Waals surface area contributed by atoms with Crippen molar-refractivity contribution in [3.8, 4) is 5.75 Å². The minimum atomic E-state index is -4.58. The van der Waals surface area contributed by atoms with Gasteiger partial charge in [-0.25, -0.2) is 5.43 Å². The number of hydrogen-bond donors (Lipinski definition) is 1. The number of nitrogens with zero attached hydrogens (tertiary/aromatic N) is 1. The molecule has 4 fully saturated rings. The molecular weight excluding hydrogens is 493 g/mol. The molecule has 4 aliphatic rings. The zero-order valence-electron chi connectivity index (χ0n) is 19.5. The number of hydrogen-bond acceptors (Lipinski definition) is 5. The molecule has 36 heavy (non-hydrogen) atoms. The van der Waals surface area contributed by atoms with E-state index in [-0.39, 0.29) is 17.1 Å². The second-order valence-corrected chi connectivity index (χ2v) is 12.0. The number of carbonyl (C=O) groups is 1. The molecule has 2 aromatic carbocycles. The summed E-state index contributed by atoms with van der Waals surface area (Å²) < 4.78 is 68.8. The Morgan fingerprint density at radius 2 is 1.58 bits per heavy atom. The molecule has 4 aliphatic carbocycles. The first kappa shape index (κ1) is 24.8. The van der Waals surface area contributed by atoms with Crippen LogP contribution in [0.15, 0.2) is 58.5 Å². The van der Waals surface area contributed by atoms with Gasteiger partial charge in [0.2, 0.25) is 5.91 Å². The summed E-state index contributed by atoms with van der Waals surface area (Å²) in [7, 11) is -4.39. The molecule has 0 unspecified atom stereocenters. The van der Waals surface area contributed by atoms with Crippen LogP contribution in [0.25, 0.3) is 0 Å². The summed E-state index contributed by atoms with van der Waals surface area (Å²) in [5.41, 5.74) is 1.98. The Labute approximate surface area is 208 Å². The minimum Gasteiger partial charge on any atom is -0.378 e. The highest BCUT2D eigenvalue weighted by Crippen LogP contribution is 2.61. The van der Waals surface area contributed by atoms with E-state index in [0.717, 1.165) is 49.1 Å².